The first-order valence-electron chi connectivity index (χ1n) is 6.35. The van der Waals surface area contributed by atoms with Crippen LogP contribution in [0.15, 0.2) is 47.0 Å². The first-order chi connectivity index (χ1) is 9.65. The third kappa shape index (κ3) is 2.16. The molecule has 2 aromatic carbocycles. The molecule has 0 fully saturated rings. The van der Waals surface area contributed by atoms with Gasteiger partial charge in [-0.25, -0.2) is 0 Å². The van der Waals surface area contributed by atoms with Crippen molar-refractivity contribution in [3.63, 3.8) is 0 Å². The summed E-state index contributed by atoms with van der Waals surface area (Å²) < 4.78 is 5.30. The minimum atomic E-state index is 0.220. The number of nitrogens with zero attached hydrogens (tertiary/aromatic N) is 2. The summed E-state index contributed by atoms with van der Waals surface area (Å²) in [6, 6.07) is 13.2. The summed E-state index contributed by atoms with van der Waals surface area (Å²) in [5.74, 6) is 1.18. The first kappa shape index (κ1) is 12.4. The smallest absolute Gasteiger partial charge is 0.258 e. The van der Waals surface area contributed by atoms with Gasteiger partial charge in [0.15, 0.2) is 0 Å². The molecule has 0 aliphatic heterocycles. The molecular formula is C16H14N2O2. The van der Waals surface area contributed by atoms with Crippen molar-refractivity contribution in [1.82, 2.24) is 10.1 Å². The Balaban J connectivity index is 2.02. The Kier molecular flexibility index (Phi) is 2.99. The summed E-state index contributed by atoms with van der Waals surface area (Å²) in [6.45, 7) is 3.85. The fourth-order valence-corrected chi connectivity index (χ4v) is 2.01. The zero-order valence-corrected chi connectivity index (χ0v) is 11.3. The molecule has 0 saturated heterocycles. The van der Waals surface area contributed by atoms with Gasteiger partial charge in [0.2, 0.25) is 5.82 Å². The van der Waals surface area contributed by atoms with Crippen LogP contribution >= 0.6 is 0 Å². The number of aromatic nitrogens is 2. The molecule has 3 aromatic rings. The predicted molar refractivity (Wildman–Crippen MR) is 76.3 cm³/mol. The fraction of sp³-hybridized carbons (Fsp3) is 0.125. The molecule has 0 aliphatic rings. The van der Waals surface area contributed by atoms with Gasteiger partial charge in [-0.2, -0.15) is 4.98 Å². The van der Waals surface area contributed by atoms with Gasteiger partial charge in [0.05, 0.1) is 0 Å². The van der Waals surface area contributed by atoms with Crippen molar-refractivity contribution in [3.05, 3.63) is 53.6 Å². The number of aryl methyl sites for hydroxylation is 1. The number of aromatic hydroxyl groups is 1. The van der Waals surface area contributed by atoms with E-state index in [1.165, 1.54) is 5.56 Å². The highest BCUT2D eigenvalue weighted by molar-refractivity contribution is 5.64. The Morgan fingerprint density at radius 2 is 1.75 bits per heavy atom. The lowest BCUT2D eigenvalue weighted by atomic mass is 10.1. The van der Waals surface area contributed by atoms with Gasteiger partial charge < -0.3 is 9.63 Å². The molecule has 0 unspecified atom stereocenters. The van der Waals surface area contributed by atoms with Gasteiger partial charge in [0, 0.05) is 16.7 Å². The maximum atomic E-state index is 9.73. The average molecular weight is 266 g/mol. The number of benzene rings is 2. The third-order valence-corrected chi connectivity index (χ3v) is 3.27. The fourth-order valence-electron chi connectivity index (χ4n) is 2.01. The van der Waals surface area contributed by atoms with Crippen LogP contribution in [0.1, 0.15) is 11.1 Å². The van der Waals surface area contributed by atoms with E-state index in [-0.39, 0.29) is 5.75 Å². The molecule has 0 atom stereocenters. The lowest BCUT2D eigenvalue weighted by Crippen LogP contribution is -1.85. The molecule has 1 N–H and O–H groups in total. The van der Waals surface area contributed by atoms with Crippen LogP contribution in [0.2, 0.25) is 0 Å². The molecule has 0 amide bonds. The Morgan fingerprint density at radius 3 is 2.50 bits per heavy atom. The van der Waals surface area contributed by atoms with E-state index in [1.54, 1.807) is 12.1 Å². The number of rotatable bonds is 2. The molecule has 0 saturated carbocycles. The highest BCUT2D eigenvalue weighted by atomic mass is 16.5. The van der Waals surface area contributed by atoms with Crippen LogP contribution in [-0.4, -0.2) is 15.2 Å². The number of hydrogen-bond donors (Lipinski definition) is 1. The summed E-state index contributed by atoms with van der Waals surface area (Å²) in [6.07, 6.45) is 0. The molecule has 3 rings (SSSR count). The van der Waals surface area contributed by atoms with Crippen molar-refractivity contribution >= 4 is 0 Å². The lowest BCUT2D eigenvalue weighted by molar-refractivity contribution is 0.431. The number of phenolic OH excluding ortho intramolecular Hbond substituents is 1. The molecular weight excluding hydrogens is 252 g/mol. The van der Waals surface area contributed by atoms with E-state index in [1.807, 2.05) is 44.2 Å². The van der Waals surface area contributed by atoms with Crippen LogP contribution in [-0.2, 0) is 0 Å². The van der Waals surface area contributed by atoms with Gasteiger partial charge in [-0.15, -0.1) is 0 Å². The van der Waals surface area contributed by atoms with Gasteiger partial charge in [-0.1, -0.05) is 41.1 Å². The Bertz CT molecular complexity index is 745. The molecule has 0 spiro atoms. The van der Waals surface area contributed by atoms with Gasteiger partial charge in [-0.3, -0.25) is 0 Å². The molecule has 20 heavy (non-hydrogen) atoms. The van der Waals surface area contributed by atoms with Crippen LogP contribution in [0.5, 0.6) is 5.75 Å². The topological polar surface area (TPSA) is 59.2 Å². The SMILES string of the molecule is Cc1ccc(-c2noc(-c3cccc(O)c3C)n2)cc1. The molecule has 0 radical (unpaired) electrons. The van der Waals surface area contributed by atoms with Crippen LogP contribution in [0, 0.1) is 13.8 Å². The summed E-state index contributed by atoms with van der Waals surface area (Å²) >= 11 is 0. The standard InChI is InChI=1S/C16H14N2O2/c1-10-6-8-12(9-7-10)15-17-16(20-18-15)13-4-3-5-14(19)11(13)2/h3-9,19H,1-2H3. The molecule has 100 valence electrons. The van der Waals surface area contributed by atoms with E-state index in [0.29, 0.717) is 11.7 Å². The van der Waals surface area contributed by atoms with Crippen molar-refractivity contribution in [3.8, 4) is 28.6 Å². The van der Waals surface area contributed by atoms with E-state index < -0.39 is 0 Å². The molecule has 4 heteroatoms. The quantitative estimate of drug-likeness (QED) is 0.767. The zero-order chi connectivity index (χ0) is 14.1. The van der Waals surface area contributed by atoms with Crippen molar-refractivity contribution in [2.24, 2.45) is 0 Å². The van der Waals surface area contributed by atoms with Crippen molar-refractivity contribution in [2.75, 3.05) is 0 Å². The molecule has 1 heterocycles. The minimum Gasteiger partial charge on any atom is -0.508 e. The van der Waals surface area contributed by atoms with E-state index in [0.717, 1.165) is 16.7 Å². The Labute approximate surface area is 116 Å². The lowest BCUT2D eigenvalue weighted by Gasteiger charge is -2.01. The molecule has 0 bridgehead atoms. The second-order valence-corrected chi connectivity index (χ2v) is 4.74. The minimum absolute atomic E-state index is 0.220. The van der Waals surface area contributed by atoms with Crippen molar-refractivity contribution < 1.29 is 9.63 Å². The van der Waals surface area contributed by atoms with Crippen LogP contribution in [0.3, 0.4) is 0 Å². The van der Waals surface area contributed by atoms with Gasteiger partial charge in [0.1, 0.15) is 5.75 Å². The summed E-state index contributed by atoms with van der Waals surface area (Å²) in [4.78, 5) is 4.39. The maximum Gasteiger partial charge on any atom is 0.258 e. The predicted octanol–water partition coefficient (Wildman–Crippen LogP) is 3.73. The second kappa shape index (κ2) is 4.81. The van der Waals surface area contributed by atoms with Crippen molar-refractivity contribution in [2.45, 2.75) is 13.8 Å². The first-order valence-corrected chi connectivity index (χ1v) is 6.35. The average Bonchev–Trinajstić information content (AvgIpc) is 2.92. The summed E-state index contributed by atoms with van der Waals surface area (Å²) in [5, 5.41) is 13.7. The van der Waals surface area contributed by atoms with Gasteiger partial charge >= 0.3 is 0 Å². The Morgan fingerprint density at radius 1 is 1.00 bits per heavy atom. The maximum absolute atomic E-state index is 9.73. The normalized spacial score (nSPS) is 10.7. The van der Waals surface area contributed by atoms with Crippen LogP contribution in [0.25, 0.3) is 22.8 Å². The summed E-state index contributed by atoms with van der Waals surface area (Å²) in [5.41, 5.74) is 3.56. The number of phenols is 1. The zero-order valence-electron chi connectivity index (χ0n) is 11.3. The van der Waals surface area contributed by atoms with Gasteiger partial charge in [-0.05, 0) is 26.0 Å². The van der Waals surface area contributed by atoms with E-state index in [9.17, 15) is 5.11 Å². The largest absolute Gasteiger partial charge is 0.508 e. The molecule has 1 aromatic heterocycles. The van der Waals surface area contributed by atoms with Crippen molar-refractivity contribution in [1.29, 1.82) is 0 Å². The van der Waals surface area contributed by atoms with Crippen LogP contribution in [0.4, 0.5) is 0 Å². The monoisotopic (exact) mass is 266 g/mol. The highest BCUT2D eigenvalue weighted by Crippen LogP contribution is 2.29. The highest BCUT2D eigenvalue weighted by Gasteiger charge is 2.13. The van der Waals surface area contributed by atoms with E-state index in [4.69, 9.17) is 4.52 Å². The molecule has 4 nitrogen and oxygen atoms in total. The summed E-state index contributed by atoms with van der Waals surface area (Å²) in [7, 11) is 0. The second-order valence-electron chi connectivity index (χ2n) is 4.74. The Hall–Kier alpha value is -2.62. The van der Waals surface area contributed by atoms with E-state index in [2.05, 4.69) is 10.1 Å². The van der Waals surface area contributed by atoms with Crippen LogP contribution < -0.4 is 0 Å². The van der Waals surface area contributed by atoms with Gasteiger partial charge in [0.25, 0.3) is 5.89 Å². The van der Waals surface area contributed by atoms with E-state index >= 15 is 0 Å². The molecule has 0 aliphatic carbocycles. The third-order valence-electron chi connectivity index (χ3n) is 3.27. The number of hydrogen-bond acceptors (Lipinski definition) is 4.